The molecule has 1 aliphatic rings. The SMILES string of the molecule is CN(c1ccc(C(F)(F)F)cc1NC(=O)C(F)(F)F)C1CCCCC1. The molecule has 9 heteroatoms. The normalized spacial score (nSPS) is 16.6. The summed E-state index contributed by atoms with van der Waals surface area (Å²) < 4.78 is 76.2. The van der Waals surface area contributed by atoms with E-state index in [1.54, 1.807) is 17.3 Å². The highest BCUT2D eigenvalue weighted by Crippen LogP contribution is 2.37. The zero-order chi connectivity index (χ0) is 18.8. The van der Waals surface area contributed by atoms with Crippen molar-refractivity contribution in [2.24, 2.45) is 0 Å². The van der Waals surface area contributed by atoms with Crippen LogP contribution in [0.25, 0.3) is 0 Å². The predicted molar refractivity (Wildman–Crippen MR) is 81.4 cm³/mol. The van der Waals surface area contributed by atoms with Crippen molar-refractivity contribution in [2.45, 2.75) is 50.5 Å². The topological polar surface area (TPSA) is 32.3 Å². The van der Waals surface area contributed by atoms with Crippen molar-refractivity contribution in [3.05, 3.63) is 23.8 Å². The molecular weight excluding hydrogens is 350 g/mol. The van der Waals surface area contributed by atoms with Crippen LogP contribution in [0.1, 0.15) is 37.7 Å². The second-order valence-corrected chi connectivity index (χ2v) is 6.08. The summed E-state index contributed by atoms with van der Waals surface area (Å²) in [5.74, 6) is -2.30. The molecule has 1 aromatic carbocycles. The van der Waals surface area contributed by atoms with Crippen molar-refractivity contribution in [1.29, 1.82) is 0 Å². The lowest BCUT2D eigenvalue weighted by Crippen LogP contribution is -2.35. The maximum atomic E-state index is 12.9. The van der Waals surface area contributed by atoms with Gasteiger partial charge in [-0.25, -0.2) is 0 Å². The van der Waals surface area contributed by atoms with Gasteiger partial charge in [-0.05, 0) is 31.0 Å². The average molecular weight is 368 g/mol. The molecule has 0 heterocycles. The molecule has 1 fully saturated rings. The quantitative estimate of drug-likeness (QED) is 0.764. The maximum Gasteiger partial charge on any atom is 0.471 e. The van der Waals surface area contributed by atoms with Crippen LogP contribution >= 0.6 is 0 Å². The molecule has 1 N–H and O–H groups in total. The molecule has 0 spiro atoms. The molecule has 0 bridgehead atoms. The van der Waals surface area contributed by atoms with Gasteiger partial charge in [0.05, 0.1) is 16.9 Å². The molecule has 1 amide bonds. The number of hydrogen-bond acceptors (Lipinski definition) is 2. The predicted octanol–water partition coefficient (Wildman–Crippen LogP) is 4.98. The summed E-state index contributed by atoms with van der Waals surface area (Å²) in [6, 6.07) is 2.45. The third kappa shape index (κ3) is 4.79. The number of nitrogens with one attached hydrogen (secondary N) is 1. The Hall–Kier alpha value is -1.93. The van der Waals surface area contributed by atoms with Crippen molar-refractivity contribution < 1.29 is 31.1 Å². The van der Waals surface area contributed by atoms with Gasteiger partial charge in [0.1, 0.15) is 0 Å². The Bertz CT molecular complexity index is 620. The summed E-state index contributed by atoms with van der Waals surface area (Å²) in [6.45, 7) is 0. The lowest BCUT2D eigenvalue weighted by molar-refractivity contribution is -0.167. The van der Waals surface area contributed by atoms with E-state index in [-0.39, 0.29) is 11.7 Å². The zero-order valence-corrected chi connectivity index (χ0v) is 13.5. The first-order valence-electron chi connectivity index (χ1n) is 7.82. The van der Waals surface area contributed by atoms with Crippen LogP contribution in [-0.4, -0.2) is 25.2 Å². The lowest BCUT2D eigenvalue weighted by atomic mass is 9.94. The van der Waals surface area contributed by atoms with Crippen molar-refractivity contribution >= 4 is 17.3 Å². The van der Waals surface area contributed by atoms with Crippen molar-refractivity contribution in [3.8, 4) is 0 Å². The van der Waals surface area contributed by atoms with Gasteiger partial charge in [-0.15, -0.1) is 0 Å². The number of alkyl halides is 6. The highest BCUT2D eigenvalue weighted by Gasteiger charge is 2.40. The molecule has 1 saturated carbocycles. The fourth-order valence-corrected chi connectivity index (χ4v) is 2.98. The average Bonchev–Trinajstić information content (AvgIpc) is 2.53. The van der Waals surface area contributed by atoms with E-state index in [2.05, 4.69) is 0 Å². The molecule has 0 unspecified atom stereocenters. The number of anilines is 2. The molecule has 140 valence electrons. The first-order chi connectivity index (χ1) is 11.5. The minimum atomic E-state index is -5.19. The van der Waals surface area contributed by atoms with Gasteiger partial charge in [0, 0.05) is 13.1 Å². The van der Waals surface area contributed by atoms with Crippen LogP contribution in [0.4, 0.5) is 37.7 Å². The third-order valence-electron chi connectivity index (χ3n) is 4.33. The minimum absolute atomic E-state index is 0.00651. The van der Waals surface area contributed by atoms with Gasteiger partial charge >= 0.3 is 18.3 Å². The van der Waals surface area contributed by atoms with E-state index in [1.807, 2.05) is 0 Å². The van der Waals surface area contributed by atoms with E-state index < -0.39 is 29.5 Å². The summed E-state index contributed by atoms with van der Waals surface area (Å²) in [4.78, 5) is 12.9. The molecule has 0 atom stereocenters. The summed E-state index contributed by atoms with van der Waals surface area (Å²) in [7, 11) is 1.61. The largest absolute Gasteiger partial charge is 0.471 e. The number of carbonyl (C=O) groups is 1. The number of halogens is 6. The van der Waals surface area contributed by atoms with Gasteiger partial charge in [0.25, 0.3) is 0 Å². The molecule has 0 saturated heterocycles. The summed E-state index contributed by atoms with van der Waals surface area (Å²) >= 11 is 0. The third-order valence-corrected chi connectivity index (χ3v) is 4.33. The molecule has 25 heavy (non-hydrogen) atoms. The van der Waals surface area contributed by atoms with Crippen LogP contribution in [-0.2, 0) is 11.0 Å². The number of rotatable bonds is 3. The number of amides is 1. The van der Waals surface area contributed by atoms with Crippen LogP contribution in [0.15, 0.2) is 18.2 Å². The van der Waals surface area contributed by atoms with Crippen LogP contribution in [0, 0.1) is 0 Å². The Morgan fingerprint density at radius 3 is 2.20 bits per heavy atom. The summed E-state index contributed by atoms with van der Waals surface area (Å²) in [5, 5.41) is 1.58. The summed E-state index contributed by atoms with van der Waals surface area (Å²) in [6.07, 6.45) is -5.38. The fraction of sp³-hybridized carbons (Fsp3) is 0.562. The van der Waals surface area contributed by atoms with E-state index in [1.165, 1.54) is 0 Å². The van der Waals surface area contributed by atoms with Crippen LogP contribution in [0.3, 0.4) is 0 Å². The molecule has 1 aliphatic carbocycles. The second-order valence-electron chi connectivity index (χ2n) is 6.08. The standard InChI is InChI=1S/C16H18F6N2O/c1-24(11-5-3-2-4-6-11)13-8-7-10(15(17,18)19)9-12(13)23-14(25)16(20,21)22/h7-9,11H,2-6H2,1H3,(H,23,25). The summed E-state index contributed by atoms with van der Waals surface area (Å²) in [5.41, 5.74) is -1.48. The first-order valence-corrected chi connectivity index (χ1v) is 7.82. The minimum Gasteiger partial charge on any atom is -0.370 e. The van der Waals surface area contributed by atoms with Gasteiger partial charge in [-0.1, -0.05) is 19.3 Å². The molecular formula is C16H18F6N2O. The Labute approximate surface area is 141 Å². The monoisotopic (exact) mass is 368 g/mol. The van der Waals surface area contributed by atoms with Gasteiger partial charge < -0.3 is 10.2 Å². The van der Waals surface area contributed by atoms with Crippen LogP contribution in [0.2, 0.25) is 0 Å². The highest BCUT2D eigenvalue weighted by molar-refractivity contribution is 5.98. The van der Waals surface area contributed by atoms with Crippen molar-refractivity contribution in [1.82, 2.24) is 0 Å². The van der Waals surface area contributed by atoms with Crippen LogP contribution < -0.4 is 10.2 Å². The molecule has 1 aromatic rings. The van der Waals surface area contributed by atoms with E-state index in [9.17, 15) is 31.1 Å². The van der Waals surface area contributed by atoms with Gasteiger partial charge in [-0.2, -0.15) is 26.3 Å². The Balaban J connectivity index is 2.38. The number of nitrogens with zero attached hydrogens (tertiary/aromatic N) is 1. The van der Waals surface area contributed by atoms with Gasteiger partial charge in [0.2, 0.25) is 0 Å². The number of benzene rings is 1. The van der Waals surface area contributed by atoms with Crippen molar-refractivity contribution in [3.63, 3.8) is 0 Å². The Morgan fingerprint density at radius 1 is 1.08 bits per heavy atom. The highest BCUT2D eigenvalue weighted by atomic mass is 19.4. The molecule has 0 aliphatic heterocycles. The van der Waals surface area contributed by atoms with Gasteiger partial charge in [0.15, 0.2) is 0 Å². The second kappa shape index (κ2) is 7.13. The number of carbonyl (C=O) groups excluding carboxylic acids is 1. The lowest BCUT2D eigenvalue weighted by Gasteiger charge is -2.34. The van der Waals surface area contributed by atoms with Gasteiger partial charge in [-0.3, -0.25) is 4.79 Å². The van der Waals surface area contributed by atoms with E-state index in [4.69, 9.17) is 0 Å². The van der Waals surface area contributed by atoms with E-state index in [0.717, 1.165) is 44.2 Å². The van der Waals surface area contributed by atoms with Crippen LogP contribution in [0.5, 0.6) is 0 Å². The Morgan fingerprint density at radius 2 is 1.68 bits per heavy atom. The van der Waals surface area contributed by atoms with E-state index in [0.29, 0.717) is 6.07 Å². The Kier molecular flexibility index (Phi) is 5.53. The first kappa shape index (κ1) is 19.4. The smallest absolute Gasteiger partial charge is 0.370 e. The van der Waals surface area contributed by atoms with Crippen molar-refractivity contribution in [2.75, 3.05) is 17.3 Å². The molecule has 2 rings (SSSR count). The molecule has 0 aromatic heterocycles. The number of hydrogen-bond donors (Lipinski definition) is 1. The van der Waals surface area contributed by atoms with E-state index >= 15 is 0 Å². The molecule has 0 radical (unpaired) electrons. The molecule has 3 nitrogen and oxygen atoms in total. The fourth-order valence-electron chi connectivity index (χ4n) is 2.98. The zero-order valence-electron chi connectivity index (χ0n) is 13.5. The maximum absolute atomic E-state index is 12.9.